The fraction of sp³-hybridized carbons (Fsp3) is 0.471. The molecule has 2 rings (SSSR count). The van der Waals surface area contributed by atoms with Crippen LogP contribution in [-0.4, -0.2) is 29.2 Å². The Labute approximate surface area is 125 Å². The van der Waals surface area contributed by atoms with Gasteiger partial charge in [-0.05, 0) is 63.6 Å². The molecule has 114 valence electrons. The fourth-order valence-corrected chi connectivity index (χ4v) is 2.62. The predicted octanol–water partition coefficient (Wildman–Crippen LogP) is 2.61. The summed E-state index contributed by atoms with van der Waals surface area (Å²) in [5.41, 5.74) is 2.72. The summed E-state index contributed by atoms with van der Waals surface area (Å²) < 4.78 is 5.30. The molecule has 0 fully saturated rings. The summed E-state index contributed by atoms with van der Waals surface area (Å²) in [6, 6.07) is 5.50. The van der Waals surface area contributed by atoms with Crippen molar-refractivity contribution in [2.45, 2.75) is 39.8 Å². The van der Waals surface area contributed by atoms with Crippen molar-refractivity contribution in [3.05, 3.63) is 45.3 Å². The first-order chi connectivity index (χ1) is 9.65. The molecule has 0 aliphatic heterocycles. The summed E-state index contributed by atoms with van der Waals surface area (Å²) in [5, 5.41) is 10.9. The molecule has 0 saturated heterocycles. The van der Waals surface area contributed by atoms with Gasteiger partial charge in [-0.1, -0.05) is 0 Å². The van der Waals surface area contributed by atoms with Crippen molar-refractivity contribution in [3.63, 3.8) is 0 Å². The van der Waals surface area contributed by atoms with Crippen molar-refractivity contribution in [1.82, 2.24) is 4.90 Å². The molecule has 0 radical (unpaired) electrons. The van der Waals surface area contributed by atoms with Crippen molar-refractivity contribution in [2.75, 3.05) is 13.6 Å². The Morgan fingerprint density at radius 1 is 1.19 bits per heavy atom. The first-order valence-corrected chi connectivity index (χ1v) is 7.10. The van der Waals surface area contributed by atoms with Crippen LogP contribution in [0.2, 0.25) is 0 Å². The van der Waals surface area contributed by atoms with Crippen LogP contribution in [0.5, 0.6) is 0 Å². The van der Waals surface area contributed by atoms with E-state index < -0.39 is 5.60 Å². The van der Waals surface area contributed by atoms with Gasteiger partial charge in [0.2, 0.25) is 0 Å². The van der Waals surface area contributed by atoms with E-state index in [1.807, 2.05) is 31.9 Å². The van der Waals surface area contributed by atoms with Gasteiger partial charge in [0.05, 0.1) is 5.60 Å². The molecular formula is C17H23NO3. The number of fused-ring (bicyclic) bond motifs is 1. The molecular weight excluding hydrogens is 266 g/mol. The molecule has 1 N–H and O–H groups in total. The first-order valence-electron chi connectivity index (χ1n) is 7.10. The number of hydrogen-bond donors (Lipinski definition) is 1. The number of benzene rings is 1. The minimum absolute atomic E-state index is 0.336. The summed E-state index contributed by atoms with van der Waals surface area (Å²) in [6.07, 6.45) is 0. The molecule has 0 aliphatic carbocycles. The second-order valence-corrected chi connectivity index (χ2v) is 6.51. The summed E-state index contributed by atoms with van der Waals surface area (Å²) in [4.78, 5) is 13.7. The highest BCUT2D eigenvalue weighted by molar-refractivity contribution is 5.81. The number of aryl methyl sites for hydroxylation is 2. The number of hydrogen-bond acceptors (Lipinski definition) is 4. The molecule has 0 amide bonds. The molecule has 1 heterocycles. The molecule has 0 saturated carbocycles. The second-order valence-electron chi connectivity index (χ2n) is 6.51. The standard InChI is InChI=1S/C17H23NO3/c1-11-6-14-13(9-18(5)10-17(3,4)20)8-16(19)21-15(14)7-12(11)2/h6-8,20H,9-10H2,1-5H3. The van der Waals surface area contributed by atoms with Crippen LogP contribution in [0.1, 0.15) is 30.5 Å². The lowest BCUT2D eigenvalue weighted by atomic mass is 10.0. The highest BCUT2D eigenvalue weighted by Crippen LogP contribution is 2.22. The van der Waals surface area contributed by atoms with Crippen molar-refractivity contribution >= 4 is 11.0 Å². The molecule has 0 spiro atoms. The monoisotopic (exact) mass is 289 g/mol. The van der Waals surface area contributed by atoms with Gasteiger partial charge in [0.25, 0.3) is 0 Å². The Kier molecular flexibility index (Phi) is 4.21. The van der Waals surface area contributed by atoms with Crippen LogP contribution < -0.4 is 5.63 Å². The van der Waals surface area contributed by atoms with E-state index in [-0.39, 0.29) is 5.63 Å². The third-order valence-corrected chi connectivity index (χ3v) is 3.54. The molecule has 0 unspecified atom stereocenters. The van der Waals surface area contributed by atoms with Crippen LogP contribution >= 0.6 is 0 Å². The Hall–Kier alpha value is -1.65. The van der Waals surface area contributed by atoms with E-state index in [4.69, 9.17) is 4.42 Å². The van der Waals surface area contributed by atoms with Gasteiger partial charge in [-0.3, -0.25) is 4.90 Å². The average Bonchev–Trinajstić information content (AvgIpc) is 2.29. The van der Waals surface area contributed by atoms with Gasteiger partial charge in [0.15, 0.2) is 0 Å². The Balaban J connectivity index is 2.43. The van der Waals surface area contributed by atoms with Crippen molar-refractivity contribution in [1.29, 1.82) is 0 Å². The molecule has 0 bridgehead atoms. The largest absolute Gasteiger partial charge is 0.423 e. The van der Waals surface area contributed by atoms with Crippen molar-refractivity contribution < 1.29 is 9.52 Å². The zero-order valence-corrected chi connectivity index (χ0v) is 13.4. The topological polar surface area (TPSA) is 53.7 Å². The number of aliphatic hydroxyl groups is 1. The molecule has 21 heavy (non-hydrogen) atoms. The second kappa shape index (κ2) is 5.62. The van der Waals surface area contributed by atoms with Crippen LogP contribution in [0.15, 0.2) is 27.4 Å². The molecule has 4 heteroatoms. The first kappa shape index (κ1) is 15.7. The Morgan fingerprint density at radius 3 is 2.43 bits per heavy atom. The fourth-order valence-electron chi connectivity index (χ4n) is 2.62. The van der Waals surface area contributed by atoms with Crippen molar-refractivity contribution in [2.24, 2.45) is 0 Å². The normalized spacial score (nSPS) is 12.3. The van der Waals surface area contributed by atoms with E-state index in [0.29, 0.717) is 18.7 Å². The smallest absolute Gasteiger partial charge is 0.336 e. The molecule has 1 aromatic carbocycles. The molecule has 2 aromatic rings. The van der Waals surface area contributed by atoms with Crippen LogP contribution in [0.3, 0.4) is 0 Å². The third-order valence-electron chi connectivity index (χ3n) is 3.54. The quantitative estimate of drug-likeness (QED) is 0.879. The molecule has 0 aliphatic rings. The number of nitrogens with zero attached hydrogens (tertiary/aromatic N) is 1. The van der Waals surface area contributed by atoms with Crippen molar-refractivity contribution in [3.8, 4) is 0 Å². The third kappa shape index (κ3) is 3.93. The van der Waals surface area contributed by atoms with Crippen LogP contribution in [0.4, 0.5) is 0 Å². The van der Waals surface area contributed by atoms with Crippen LogP contribution in [0.25, 0.3) is 11.0 Å². The minimum atomic E-state index is -0.767. The molecule has 0 atom stereocenters. The van der Waals surface area contributed by atoms with Gasteiger partial charge in [-0.2, -0.15) is 0 Å². The lowest BCUT2D eigenvalue weighted by molar-refractivity contribution is 0.0425. The highest BCUT2D eigenvalue weighted by Gasteiger charge is 2.17. The zero-order valence-electron chi connectivity index (χ0n) is 13.4. The number of rotatable bonds is 4. The van der Waals surface area contributed by atoms with E-state index in [0.717, 1.165) is 16.5 Å². The van der Waals surface area contributed by atoms with Gasteiger partial charge in [0, 0.05) is 24.5 Å². The van der Waals surface area contributed by atoms with E-state index >= 15 is 0 Å². The molecule has 4 nitrogen and oxygen atoms in total. The van der Waals surface area contributed by atoms with Gasteiger partial charge in [-0.25, -0.2) is 4.79 Å². The van der Waals surface area contributed by atoms with Gasteiger partial charge < -0.3 is 9.52 Å². The van der Waals surface area contributed by atoms with E-state index in [1.165, 1.54) is 11.6 Å². The average molecular weight is 289 g/mol. The van der Waals surface area contributed by atoms with Crippen LogP contribution in [-0.2, 0) is 6.54 Å². The number of likely N-dealkylation sites (N-methyl/N-ethyl adjacent to an activating group) is 1. The highest BCUT2D eigenvalue weighted by atomic mass is 16.4. The van der Waals surface area contributed by atoms with E-state index in [2.05, 4.69) is 6.07 Å². The van der Waals surface area contributed by atoms with Crippen LogP contribution in [0, 0.1) is 13.8 Å². The minimum Gasteiger partial charge on any atom is -0.423 e. The lowest BCUT2D eigenvalue weighted by Gasteiger charge is -2.25. The zero-order chi connectivity index (χ0) is 15.8. The van der Waals surface area contributed by atoms with E-state index in [1.54, 1.807) is 13.8 Å². The van der Waals surface area contributed by atoms with Gasteiger partial charge >= 0.3 is 5.63 Å². The maximum atomic E-state index is 11.7. The SMILES string of the molecule is Cc1cc2oc(=O)cc(CN(C)CC(C)(C)O)c2cc1C. The Morgan fingerprint density at radius 2 is 1.81 bits per heavy atom. The summed E-state index contributed by atoms with van der Waals surface area (Å²) >= 11 is 0. The maximum absolute atomic E-state index is 11.7. The summed E-state index contributed by atoms with van der Waals surface area (Å²) in [7, 11) is 1.93. The predicted molar refractivity (Wildman–Crippen MR) is 84.6 cm³/mol. The summed E-state index contributed by atoms with van der Waals surface area (Å²) in [6.45, 7) is 8.71. The van der Waals surface area contributed by atoms with Gasteiger partial charge in [0.1, 0.15) is 5.58 Å². The molecule has 1 aromatic heterocycles. The Bertz CT molecular complexity index is 710. The lowest BCUT2D eigenvalue weighted by Crippen LogP contribution is -2.36. The van der Waals surface area contributed by atoms with Gasteiger partial charge in [-0.15, -0.1) is 0 Å². The maximum Gasteiger partial charge on any atom is 0.336 e. The van der Waals surface area contributed by atoms with E-state index in [9.17, 15) is 9.90 Å². The summed E-state index contributed by atoms with van der Waals surface area (Å²) in [5.74, 6) is 0.